The van der Waals surface area contributed by atoms with Gasteiger partial charge >= 0.3 is 5.97 Å². The summed E-state index contributed by atoms with van der Waals surface area (Å²) in [6.45, 7) is 6.82. The number of carbonyl (C=O) groups is 1. The van der Waals surface area contributed by atoms with Gasteiger partial charge in [-0.2, -0.15) is 5.26 Å². The van der Waals surface area contributed by atoms with E-state index in [1.54, 1.807) is 20.2 Å². The Labute approximate surface area is 178 Å². The Morgan fingerprint density at radius 3 is 2.83 bits per heavy atom. The second-order valence-corrected chi connectivity index (χ2v) is 7.01. The van der Waals surface area contributed by atoms with Gasteiger partial charge < -0.3 is 20.1 Å². The summed E-state index contributed by atoms with van der Waals surface area (Å²) in [6, 6.07) is 9.43. The maximum atomic E-state index is 12.7. The van der Waals surface area contributed by atoms with Crippen molar-refractivity contribution < 1.29 is 14.3 Å². The molecule has 0 saturated heterocycles. The number of thiazole rings is 1. The van der Waals surface area contributed by atoms with Crippen molar-refractivity contribution in [3.05, 3.63) is 56.5 Å². The van der Waals surface area contributed by atoms with Crippen LogP contribution < -0.4 is 25.4 Å². The summed E-state index contributed by atoms with van der Waals surface area (Å²) in [5, 5.41) is 15.8. The lowest BCUT2D eigenvalue weighted by molar-refractivity contribution is -0.135. The lowest BCUT2D eigenvalue weighted by Crippen LogP contribution is -2.32. The fraction of sp³-hybridized carbons (Fsp3) is 0.286. The van der Waals surface area contributed by atoms with Crippen LogP contribution in [0.1, 0.15) is 6.92 Å². The number of ether oxygens (including phenoxy) is 2. The van der Waals surface area contributed by atoms with Crippen LogP contribution in [0.25, 0.3) is 11.8 Å². The number of esters is 1. The van der Waals surface area contributed by atoms with Crippen molar-refractivity contribution in [1.82, 2.24) is 4.57 Å². The molecule has 1 aromatic heterocycles. The van der Waals surface area contributed by atoms with E-state index < -0.39 is 5.97 Å². The SMILES string of the molecule is C=CCOC(=O)C(C#N)=c1sc(=CNc2cccc(NCCOC)c2)c(=O)n1CC. The highest BCUT2D eigenvalue weighted by Crippen LogP contribution is 2.14. The Kier molecular flexibility index (Phi) is 8.87. The number of carbonyl (C=O) groups excluding carboxylic acids is 1. The summed E-state index contributed by atoms with van der Waals surface area (Å²) in [5.74, 6) is -0.782. The first kappa shape index (κ1) is 22.9. The molecule has 0 aliphatic heterocycles. The van der Waals surface area contributed by atoms with Crippen molar-refractivity contribution >= 4 is 40.5 Å². The molecular formula is C21H24N4O4S. The van der Waals surface area contributed by atoms with Crippen molar-refractivity contribution in [3.63, 3.8) is 0 Å². The third kappa shape index (κ3) is 5.83. The number of methoxy groups -OCH3 is 1. The summed E-state index contributed by atoms with van der Waals surface area (Å²) in [6.07, 6.45) is 2.98. The molecule has 0 amide bonds. The van der Waals surface area contributed by atoms with Gasteiger partial charge in [0, 0.05) is 37.8 Å². The Morgan fingerprint density at radius 2 is 2.17 bits per heavy atom. The topological polar surface area (TPSA) is 105 Å². The Balaban J connectivity index is 2.39. The largest absolute Gasteiger partial charge is 0.457 e. The first-order valence-corrected chi connectivity index (χ1v) is 10.1. The van der Waals surface area contributed by atoms with Gasteiger partial charge in [0.25, 0.3) is 5.56 Å². The number of benzene rings is 1. The van der Waals surface area contributed by atoms with Gasteiger partial charge in [-0.15, -0.1) is 11.3 Å². The molecule has 1 aromatic carbocycles. The zero-order chi connectivity index (χ0) is 21.9. The zero-order valence-electron chi connectivity index (χ0n) is 16.9. The first-order chi connectivity index (χ1) is 14.5. The molecule has 2 rings (SSSR count). The van der Waals surface area contributed by atoms with E-state index in [2.05, 4.69) is 17.2 Å². The van der Waals surface area contributed by atoms with Crippen LogP contribution in [-0.4, -0.2) is 37.4 Å². The predicted molar refractivity (Wildman–Crippen MR) is 119 cm³/mol. The molecule has 0 aliphatic carbocycles. The fourth-order valence-corrected chi connectivity index (χ4v) is 3.62. The number of nitriles is 1. The van der Waals surface area contributed by atoms with E-state index in [0.29, 0.717) is 24.2 Å². The number of nitrogens with one attached hydrogen (secondary N) is 2. The molecule has 1 heterocycles. The average molecular weight is 429 g/mol. The molecule has 0 fully saturated rings. The Hall–Kier alpha value is -3.35. The van der Waals surface area contributed by atoms with Gasteiger partial charge in [-0.1, -0.05) is 18.7 Å². The van der Waals surface area contributed by atoms with E-state index in [9.17, 15) is 14.9 Å². The van der Waals surface area contributed by atoms with Crippen LogP contribution in [0, 0.1) is 11.3 Å². The quantitative estimate of drug-likeness (QED) is 0.333. The van der Waals surface area contributed by atoms with Crippen molar-refractivity contribution in [2.75, 3.05) is 37.5 Å². The van der Waals surface area contributed by atoms with Gasteiger partial charge in [-0.3, -0.25) is 9.36 Å². The number of rotatable bonds is 10. The lowest BCUT2D eigenvalue weighted by atomic mass is 10.3. The van der Waals surface area contributed by atoms with Gasteiger partial charge in [0.1, 0.15) is 21.9 Å². The number of anilines is 2. The smallest absolute Gasteiger partial charge is 0.352 e. The molecule has 0 spiro atoms. The van der Waals surface area contributed by atoms with Crippen molar-refractivity contribution in [2.24, 2.45) is 0 Å². The molecule has 8 nitrogen and oxygen atoms in total. The molecule has 0 bridgehead atoms. The van der Waals surface area contributed by atoms with Crippen LogP contribution in [0.5, 0.6) is 0 Å². The van der Waals surface area contributed by atoms with Crippen molar-refractivity contribution in [2.45, 2.75) is 13.5 Å². The second-order valence-electron chi connectivity index (χ2n) is 5.98. The van der Waals surface area contributed by atoms with E-state index in [-0.39, 0.29) is 22.4 Å². The van der Waals surface area contributed by atoms with Gasteiger partial charge in [-0.05, 0) is 25.1 Å². The molecule has 30 heavy (non-hydrogen) atoms. The lowest BCUT2D eigenvalue weighted by Gasteiger charge is -2.07. The summed E-state index contributed by atoms with van der Waals surface area (Å²) < 4.78 is 12.0. The first-order valence-electron chi connectivity index (χ1n) is 9.27. The highest BCUT2D eigenvalue weighted by Gasteiger charge is 2.16. The maximum absolute atomic E-state index is 12.7. The second kappa shape index (κ2) is 11.6. The van der Waals surface area contributed by atoms with E-state index in [1.165, 1.54) is 10.6 Å². The molecule has 0 saturated carbocycles. The molecule has 2 N–H and O–H groups in total. The molecule has 0 atom stereocenters. The van der Waals surface area contributed by atoms with Crippen LogP contribution in [-0.2, 0) is 20.8 Å². The van der Waals surface area contributed by atoms with Crippen LogP contribution in [0.2, 0.25) is 0 Å². The predicted octanol–water partition coefficient (Wildman–Crippen LogP) is 1.24. The zero-order valence-corrected chi connectivity index (χ0v) is 17.8. The number of hydrogen-bond acceptors (Lipinski definition) is 8. The summed E-state index contributed by atoms with van der Waals surface area (Å²) in [5.41, 5.74) is 1.20. The van der Waals surface area contributed by atoms with Gasteiger partial charge in [-0.25, -0.2) is 4.79 Å². The highest BCUT2D eigenvalue weighted by molar-refractivity contribution is 7.07. The average Bonchev–Trinajstić information content (AvgIpc) is 3.06. The van der Waals surface area contributed by atoms with E-state index in [0.717, 1.165) is 22.7 Å². The third-order valence-electron chi connectivity index (χ3n) is 3.95. The minimum atomic E-state index is -0.782. The summed E-state index contributed by atoms with van der Waals surface area (Å²) in [7, 11) is 1.64. The summed E-state index contributed by atoms with van der Waals surface area (Å²) >= 11 is 1.06. The number of hydrogen-bond donors (Lipinski definition) is 2. The molecule has 2 aromatic rings. The van der Waals surface area contributed by atoms with E-state index >= 15 is 0 Å². The van der Waals surface area contributed by atoms with E-state index in [1.807, 2.05) is 30.3 Å². The van der Waals surface area contributed by atoms with Crippen LogP contribution in [0.3, 0.4) is 0 Å². The van der Waals surface area contributed by atoms with Gasteiger partial charge in [0.15, 0.2) is 5.57 Å². The van der Waals surface area contributed by atoms with E-state index in [4.69, 9.17) is 9.47 Å². The van der Waals surface area contributed by atoms with Gasteiger partial charge in [0.05, 0.1) is 6.61 Å². The molecule has 0 radical (unpaired) electrons. The molecule has 9 heteroatoms. The molecule has 158 valence electrons. The molecule has 0 aliphatic rings. The summed E-state index contributed by atoms with van der Waals surface area (Å²) in [4.78, 5) is 24.9. The van der Waals surface area contributed by atoms with Gasteiger partial charge in [0.2, 0.25) is 0 Å². The van der Waals surface area contributed by atoms with Crippen molar-refractivity contribution in [3.8, 4) is 6.07 Å². The molecule has 0 unspecified atom stereocenters. The Bertz CT molecular complexity index is 1110. The number of nitrogens with zero attached hydrogens (tertiary/aromatic N) is 2. The normalized spacial score (nSPS) is 12.1. The molecular weight excluding hydrogens is 404 g/mol. The standard InChI is InChI=1S/C21H24N4O4S/c1-4-10-29-21(27)17(13-22)20-25(5-2)19(26)18(30-20)14-24-16-8-6-7-15(12-16)23-9-11-28-3/h4,6-8,12,14,23-24H,1,5,9-11H2,2-3H3. The number of aromatic nitrogens is 1. The van der Waals surface area contributed by atoms with Crippen LogP contribution >= 0.6 is 11.3 Å². The van der Waals surface area contributed by atoms with Crippen molar-refractivity contribution in [1.29, 1.82) is 5.26 Å². The fourth-order valence-electron chi connectivity index (χ4n) is 2.55. The highest BCUT2D eigenvalue weighted by atomic mass is 32.1. The minimum Gasteiger partial charge on any atom is -0.457 e. The Morgan fingerprint density at radius 1 is 1.40 bits per heavy atom. The van der Waals surface area contributed by atoms with Crippen LogP contribution in [0.15, 0.2) is 41.7 Å². The maximum Gasteiger partial charge on any atom is 0.352 e. The monoisotopic (exact) mass is 428 g/mol. The van der Waals surface area contributed by atoms with Crippen LogP contribution in [0.4, 0.5) is 11.4 Å². The third-order valence-corrected chi connectivity index (χ3v) is 5.08. The minimum absolute atomic E-state index is 0.0129.